The topological polar surface area (TPSA) is 123 Å². The summed E-state index contributed by atoms with van der Waals surface area (Å²) in [6.45, 7) is -0.760. The number of rotatable bonds is 7. The highest BCUT2D eigenvalue weighted by atomic mass is 32.2. The Morgan fingerprint density at radius 1 is 0.921 bits per heavy atom. The van der Waals surface area contributed by atoms with Gasteiger partial charge in [-0.25, -0.2) is 34.4 Å². The molecule has 3 aromatic rings. The van der Waals surface area contributed by atoms with Crippen LogP contribution in [-0.4, -0.2) is 59.3 Å². The fourth-order valence-electron chi connectivity index (χ4n) is 5.18. The Kier molecular flexibility index (Phi) is 6.22. The summed E-state index contributed by atoms with van der Waals surface area (Å²) in [6, 6.07) is 10.7. The van der Waals surface area contributed by atoms with Gasteiger partial charge in [-0.05, 0) is 36.0 Å². The number of halogens is 4. The molecule has 38 heavy (non-hydrogen) atoms. The first-order chi connectivity index (χ1) is 17.6. The van der Waals surface area contributed by atoms with E-state index in [0.717, 1.165) is 16.4 Å². The molecular formula is C22H21F4N3O6S3. The largest absolute Gasteiger partial charge is 0.511 e. The van der Waals surface area contributed by atoms with E-state index in [9.17, 15) is 42.8 Å². The van der Waals surface area contributed by atoms with Gasteiger partial charge in [0.05, 0.1) is 5.52 Å². The zero-order valence-electron chi connectivity index (χ0n) is 19.6. The van der Waals surface area contributed by atoms with Crippen LogP contribution in [0.5, 0.6) is 0 Å². The number of hydrogen-bond acceptors (Lipinski definition) is 6. The number of para-hydroxylation sites is 1. The predicted molar refractivity (Wildman–Crippen MR) is 127 cm³/mol. The number of nitrogens with one attached hydrogen (secondary N) is 1. The Balaban J connectivity index is 1.49. The third kappa shape index (κ3) is 4.13. The molecule has 2 aromatic carbocycles. The maximum absolute atomic E-state index is 14.6. The van der Waals surface area contributed by atoms with E-state index in [1.807, 2.05) is 0 Å². The minimum Gasteiger partial charge on any atom is -0.332 e. The predicted octanol–water partition coefficient (Wildman–Crippen LogP) is 2.46. The van der Waals surface area contributed by atoms with Crippen LogP contribution in [0.15, 0.2) is 63.3 Å². The summed E-state index contributed by atoms with van der Waals surface area (Å²) in [5, 5.41) is -0.474. The Morgan fingerprint density at radius 3 is 2.11 bits per heavy atom. The SMILES string of the molecule is Cn1c(S(=O)(=O)N2CC3C(CNS(=O)(=O)C(F)(F)F)C3C2)c(S(=O)(=O)c2ccccc2F)c2ccccc21. The molecule has 1 N–H and O–H groups in total. The number of fused-ring (bicyclic) bond motifs is 2. The van der Waals surface area contributed by atoms with Gasteiger partial charge in [0, 0.05) is 32.1 Å². The fraction of sp³-hybridized carbons (Fsp3) is 0.364. The molecule has 5 rings (SSSR count). The van der Waals surface area contributed by atoms with Gasteiger partial charge >= 0.3 is 15.5 Å². The fourth-order valence-corrected chi connectivity index (χ4v) is 9.80. The van der Waals surface area contributed by atoms with Crippen LogP contribution in [0.4, 0.5) is 17.6 Å². The summed E-state index contributed by atoms with van der Waals surface area (Å²) < 4.78 is 134. The molecule has 0 radical (unpaired) electrons. The molecule has 2 heterocycles. The molecule has 1 aliphatic heterocycles. The summed E-state index contributed by atoms with van der Waals surface area (Å²) in [5.74, 6) is -2.34. The van der Waals surface area contributed by atoms with Crippen molar-refractivity contribution in [2.75, 3.05) is 19.6 Å². The molecule has 9 nitrogen and oxygen atoms in total. The summed E-state index contributed by atoms with van der Waals surface area (Å²) in [4.78, 5) is -1.26. The lowest BCUT2D eigenvalue weighted by atomic mass is 10.2. The minimum absolute atomic E-state index is 0.0839. The maximum Gasteiger partial charge on any atom is 0.511 e. The van der Waals surface area contributed by atoms with Crippen LogP contribution in [0, 0.1) is 23.6 Å². The van der Waals surface area contributed by atoms with Crippen LogP contribution in [-0.2, 0) is 36.9 Å². The Morgan fingerprint density at radius 2 is 1.50 bits per heavy atom. The van der Waals surface area contributed by atoms with Crippen LogP contribution < -0.4 is 4.72 Å². The van der Waals surface area contributed by atoms with Gasteiger partial charge in [0.2, 0.25) is 9.84 Å². The average Bonchev–Trinajstić information content (AvgIpc) is 3.13. The van der Waals surface area contributed by atoms with E-state index in [0.29, 0.717) is 0 Å². The molecule has 2 fully saturated rings. The third-order valence-electron chi connectivity index (χ3n) is 7.14. The highest BCUT2D eigenvalue weighted by Gasteiger charge is 2.59. The maximum atomic E-state index is 14.6. The second kappa shape index (κ2) is 8.74. The lowest BCUT2D eigenvalue weighted by Crippen LogP contribution is -2.39. The zero-order chi connectivity index (χ0) is 27.8. The molecule has 1 aliphatic carbocycles. The summed E-state index contributed by atoms with van der Waals surface area (Å²) >= 11 is 0. The Bertz CT molecular complexity index is 1760. The average molecular weight is 596 g/mol. The summed E-state index contributed by atoms with van der Waals surface area (Å²) in [5.41, 5.74) is -5.18. The van der Waals surface area contributed by atoms with Crippen molar-refractivity contribution in [1.29, 1.82) is 0 Å². The van der Waals surface area contributed by atoms with E-state index in [1.54, 1.807) is 6.07 Å². The van der Waals surface area contributed by atoms with E-state index >= 15 is 0 Å². The smallest absolute Gasteiger partial charge is 0.332 e. The van der Waals surface area contributed by atoms with Gasteiger partial charge in [-0.15, -0.1) is 0 Å². The number of aryl methyl sites for hydroxylation is 1. The van der Waals surface area contributed by atoms with E-state index in [1.165, 1.54) is 46.7 Å². The number of hydrogen-bond donors (Lipinski definition) is 1. The third-order valence-corrected chi connectivity index (χ3v) is 12.2. The Labute approximate surface area is 216 Å². The van der Waals surface area contributed by atoms with Crippen molar-refractivity contribution in [3.05, 3.63) is 54.3 Å². The van der Waals surface area contributed by atoms with Crippen molar-refractivity contribution in [3.8, 4) is 0 Å². The van der Waals surface area contributed by atoms with Crippen LogP contribution in [0.1, 0.15) is 0 Å². The van der Waals surface area contributed by atoms with Crippen molar-refractivity contribution < 1.29 is 42.8 Å². The number of aromatic nitrogens is 1. The van der Waals surface area contributed by atoms with Gasteiger partial charge in [-0.3, -0.25) is 0 Å². The van der Waals surface area contributed by atoms with Crippen molar-refractivity contribution in [2.24, 2.45) is 24.8 Å². The van der Waals surface area contributed by atoms with Crippen molar-refractivity contribution in [3.63, 3.8) is 0 Å². The van der Waals surface area contributed by atoms with Gasteiger partial charge in [0.15, 0.2) is 5.03 Å². The normalized spacial score (nSPS) is 22.6. The number of sulfone groups is 1. The lowest BCUT2D eigenvalue weighted by Gasteiger charge is -2.21. The monoisotopic (exact) mass is 595 g/mol. The van der Waals surface area contributed by atoms with Crippen molar-refractivity contribution in [2.45, 2.75) is 20.3 Å². The molecular weight excluding hydrogens is 574 g/mol. The van der Waals surface area contributed by atoms with E-state index in [-0.39, 0.29) is 24.0 Å². The first kappa shape index (κ1) is 27.1. The zero-order valence-corrected chi connectivity index (χ0v) is 22.0. The van der Waals surface area contributed by atoms with E-state index < -0.39 is 80.3 Å². The summed E-state index contributed by atoms with van der Waals surface area (Å²) in [6.07, 6.45) is 0. The number of alkyl halides is 3. The molecule has 2 atom stereocenters. The van der Waals surface area contributed by atoms with Gasteiger partial charge in [-0.1, -0.05) is 30.3 Å². The van der Waals surface area contributed by atoms with Gasteiger partial charge in [0.1, 0.15) is 15.6 Å². The molecule has 16 heteroatoms. The van der Waals surface area contributed by atoms with Gasteiger partial charge < -0.3 is 4.57 Å². The number of nitrogens with zero attached hydrogens (tertiary/aromatic N) is 2. The van der Waals surface area contributed by atoms with Gasteiger partial charge in [0.25, 0.3) is 10.0 Å². The van der Waals surface area contributed by atoms with Gasteiger partial charge in [-0.2, -0.15) is 17.5 Å². The minimum atomic E-state index is -5.52. The first-order valence-electron chi connectivity index (χ1n) is 11.2. The highest BCUT2D eigenvalue weighted by Crippen LogP contribution is 2.53. The van der Waals surface area contributed by atoms with Crippen molar-refractivity contribution in [1.82, 2.24) is 13.6 Å². The summed E-state index contributed by atoms with van der Waals surface area (Å²) in [7, 11) is -13.3. The number of benzene rings is 2. The molecule has 2 unspecified atom stereocenters. The molecule has 0 amide bonds. The van der Waals surface area contributed by atoms with Crippen molar-refractivity contribution >= 4 is 40.8 Å². The van der Waals surface area contributed by atoms with E-state index in [4.69, 9.17) is 0 Å². The number of sulfonamides is 2. The van der Waals surface area contributed by atoms with E-state index in [2.05, 4.69) is 0 Å². The van der Waals surface area contributed by atoms with Crippen LogP contribution in [0.25, 0.3) is 10.9 Å². The first-order valence-corrected chi connectivity index (χ1v) is 15.6. The molecule has 1 saturated heterocycles. The molecule has 1 saturated carbocycles. The number of piperidine rings is 1. The highest BCUT2D eigenvalue weighted by molar-refractivity contribution is 7.93. The van der Waals surface area contributed by atoms with Crippen LogP contribution in [0.3, 0.4) is 0 Å². The molecule has 0 spiro atoms. The van der Waals surface area contributed by atoms with Crippen LogP contribution in [0.2, 0.25) is 0 Å². The second-order valence-electron chi connectivity index (χ2n) is 9.26. The molecule has 2 aliphatic rings. The Hall–Kier alpha value is -2.53. The molecule has 0 bridgehead atoms. The lowest BCUT2D eigenvalue weighted by molar-refractivity contribution is -0.0448. The second-order valence-corrected chi connectivity index (χ2v) is 14.7. The van der Waals surface area contributed by atoms with Crippen LogP contribution >= 0.6 is 0 Å². The molecule has 1 aromatic heterocycles. The quantitative estimate of drug-likeness (QED) is 0.419. The molecule has 206 valence electrons. The standard InChI is InChI=1S/C22H21F4N3O6S3/c1-28-18-8-4-2-6-13(18)20(36(30,31)19-9-5-3-7-17(19)23)21(28)37(32,33)29-11-15-14(16(15)12-29)10-27-38(34,35)22(24,25)26/h2-9,14-16,27H,10-12H2,1H3.